The van der Waals surface area contributed by atoms with E-state index in [1.165, 1.54) is 12.6 Å². The van der Waals surface area contributed by atoms with Crippen molar-refractivity contribution < 1.29 is 4.79 Å². The Morgan fingerprint density at radius 1 is 1.34 bits per heavy atom. The number of pyridine rings is 1. The standard InChI is InChI=1S/C22H28N6O/c1-4-25-19(20(23)24-3)22(29)26-14-17-13-16-10-8-9-15(2)18(16)27-21(17)28-11-6-5-7-12-28/h4,8-10,13H,3,5-7,11-12,14,23H2,1-2H3,(H,26,29)/b20-19-,25-4-. The molecule has 1 aliphatic heterocycles. The Morgan fingerprint density at radius 2 is 2.10 bits per heavy atom. The summed E-state index contributed by atoms with van der Waals surface area (Å²) >= 11 is 0. The number of carbonyl (C=O) groups is 1. The lowest BCUT2D eigenvalue weighted by atomic mass is 10.1. The Hall–Kier alpha value is -3.22. The van der Waals surface area contributed by atoms with Crippen LogP contribution in [0.2, 0.25) is 0 Å². The Labute approximate surface area is 171 Å². The van der Waals surface area contributed by atoms with Gasteiger partial charge in [-0.3, -0.25) is 9.79 Å². The molecule has 0 atom stereocenters. The monoisotopic (exact) mass is 392 g/mol. The van der Waals surface area contributed by atoms with Crippen molar-refractivity contribution in [2.24, 2.45) is 15.7 Å². The summed E-state index contributed by atoms with van der Waals surface area (Å²) in [7, 11) is 0. The largest absolute Gasteiger partial charge is 0.382 e. The summed E-state index contributed by atoms with van der Waals surface area (Å²) in [5.41, 5.74) is 8.95. The molecule has 0 saturated carbocycles. The van der Waals surface area contributed by atoms with Gasteiger partial charge in [0.1, 0.15) is 5.82 Å². The first-order valence-corrected chi connectivity index (χ1v) is 9.92. The van der Waals surface area contributed by atoms with E-state index in [0.717, 1.165) is 53.8 Å². The molecule has 1 aromatic heterocycles. The van der Waals surface area contributed by atoms with Crippen molar-refractivity contribution in [1.82, 2.24) is 10.3 Å². The average molecular weight is 393 g/mol. The first-order valence-electron chi connectivity index (χ1n) is 9.92. The van der Waals surface area contributed by atoms with Crippen molar-refractivity contribution in [2.45, 2.75) is 39.7 Å². The molecule has 7 nitrogen and oxygen atoms in total. The van der Waals surface area contributed by atoms with E-state index in [0.29, 0.717) is 6.54 Å². The molecule has 1 fully saturated rings. The van der Waals surface area contributed by atoms with Gasteiger partial charge < -0.3 is 16.0 Å². The van der Waals surface area contributed by atoms with Crippen LogP contribution < -0.4 is 16.0 Å². The third-order valence-corrected chi connectivity index (χ3v) is 5.08. The first kappa shape index (κ1) is 20.5. The van der Waals surface area contributed by atoms with Gasteiger partial charge in [0, 0.05) is 36.8 Å². The fourth-order valence-electron chi connectivity index (χ4n) is 3.59. The maximum Gasteiger partial charge on any atom is 0.273 e. The summed E-state index contributed by atoms with van der Waals surface area (Å²) in [6.45, 7) is 9.45. The van der Waals surface area contributed by atoms with Crippen LogP contribution in [-0.4, -0.2) is 36.9 Å². The van der Waals surface area contributed by atoms with Crippen molar-refractivity contribution in [3.05, 3.63) is 46.9 Å². The molecule has 1 aliphatic rings. The molecule has 0 aliphatic carbocycles. The van der Waals surface area contributed by atoms with Gasteiger partial charge in [0.05, 0.1) is 5.52 Å². The van der Waals surface area contributed by atoms with Crippen LogP contribution in [0.5, 0.6) is 0 Å². The summed E-state index contributed by atoms with van der Waals surface area (Å²) in [5.74, 6) is 0.553. The van der Waals surface area contributed by atoms with E-state index < -0.39 is 0 Å². The lowest BCUT2D eigenvalue weighted by molar-refractivity contribution is -0.117. The summed E-state index contributed by atoms with van der Waals surface area (Å²) in [5, 5.41) is 3.97. The van der Waals surface area contributed by atoms with Crippen LogP contribution in [0, 0.1) is 6.92 Å². The van der Waals surface area contributed by atoms with Crippen LogP contribution in [0.4, 0.5) is 5.82 Å². The summed E-state index contributed by atoms with van der Waals surface area (Å²) < 4.78 is 0. The zero-order valence-corrected chi connectivity index (χ0v) is 17.1. The van der Waals surface area contributed by atoms with Crippen molar-refractivity contribution >= 4 is 35.6 Å². The quantitative estimate of drug-likeness (QED) is 0.583. The number of rotatable bonds is 6. The van der Waals surface area contributed by atoms with Gasteiger partial charge in [0.2, 0.25) is 0 Å². The number of aromatic nitrogens is 1. The zero-order chi connectivity index (χ0) is 20.8. The number of nitrogens with two attached hydrogens (primary N) is 1. The van der Waals surface area contributed by atoms with Gasteiger partial charge >= 0.3 is 0 Å². The normalized spacial score (nSPS) is 15.4. The number of hydrogen-bond donors (Lipinski definition) is 2. The molecule has 29 heavy (non-hydrogen) atoms. The van der Waals surface area contributed by atoms with E-state index in [9.17, 15) is 4.79 Å². The van der Waals surface area contributed by atoms with Gasteiger partial charge in [-0.05, 0) is 51.5 Å². The second kappa shape index (κ2) is 9.32. The highest BCUT2D eigenvalue weighted by molar-refractivity contribution is 5.95. The smallest absolute Gasteiger partial charge is 0.273 e. The second-order valence-corrected chi connectivity index (χ2v) is 7.13. The number of nitrogens with one attached hydrogen (secondary N) is 1. The lowest BCUT2D eigenvalue weighted by Gasteiger charge is -2.30. The number of para-hydroxylation sites is 1. The topological polar surface area (TPSA) is 96.0 Å². The summed E-state index contributed by atoms with van der Waals surface area (Å²) in [4.78, 5) is 27.6. The van der Waals surface area contributed by atoms with Crippen LogP contribution in [0.15, 0.2) is 45.8 Å². The molecule has 2 heterocycles. The molecule has 1 aromatic carbocycles. The molecule has 152 valence electrons. The van der Waals surface area contributed by atoms with Crippen molar-refractivity contribution in [3.8, 4) is 0 Å². The summed E-state index contributed by atoms with van der Waals surface area (Å²) in [6.07, 6.45) is 5.05. The number of carbonyl (C=O) groups excluding carboxylic acids is 1. The molecule has 7 heteroatoms. The van der Waals surface area contributed by atoms with Gasteiger partial charge in [-0.15, -0.1) is 0 Å². The molecule has 3 N–H and O–H groups in total. The predicted octanol–water partition coefficient (Wildman–Crippen LogP) is 3.07. The number of benzene rings is 1. The Balaban J connectivity index is 1.94. The predicted molar refractivity (Wildman–Crippen MR) is 119 cm³/mol. The third-order valence-electron chi connectivity index (χ3n) is 5.08. The molecule has 0 radical (unpaired) electrons. The van der Waals surface area contributed by atoms with Crippen LogP contribution >= 0.6 is 0 Å². The van der Waals surface area contributed by atoms with E-state index in [-0.39, 0.29) is 17.4 Å². The number of nitrogens with zero attached hydrogens (tertiary/aromatic N) is 4. The fraction of sp³-hybridized carbons (Fsp3) is 0.364. The Bertz CT molecular complexity index is 973. The van der Waals surface area contributed by atoms with Crippen molar-refractivity contribution in [1.29, 1.82) is 0 Å². The maximum absolute atomic E-state index is 12.6. The minimum Gasteiger partial charge on any atom is -0.382 e. The Kier molecular flexibility index (Phi) is 6.59. The molecular weight excluding hydrogens is 364 g/mol. The van der Waals surface area contributed by atoms with E-state index in [1.807, 2.05) is 12.1 Å². The molecule has 1 saturated heterocycles. The van der Waals surface area contributed by atoms with Gasteiger partial charge in [0.25, 0.3) is 5.91 Å². The molecule has 1 amide bonds. The number of fused-ring (bicyclic) bond motifs is 1. The van der Waals surface area contributed by atoms with E-state index in [1.54, 1.807) is 6.92 Å². The van der Waals surface area contributed by atoms with Crippen LogP contribution in [0.3, 0.4) is 0 Å². The van der Waals surface area contributed by atoms with Crippen LogP contribution in [0.25, 0.3) is 10.9 Å². The fourth-order valence-corrected chi connectivity index (χ4v) is 3.59. The number of amides is 1. The highest BCUT2D eigenvalue weighted by Crippen LogP contribution is 2.27. The minimum atomic E-state index is -0.387. The van der Waals surface area contributed by atoms with E-state index in [2.05, 4.69) is 46.0 Å². The maximum atomic E-state index is 12.6. The van der Waals surface area contributed by atoms with Crippen LogP contribution in [0.1, 0.15) is 37.3 Å². The van der Waals surface area contributed by atoms with Gasteiger partial charge in [-0.25, -0.2) is 9.98 Å². The zero-order valence-electron chi connectivity index (χ0n) is 17.1. The molecule has 0 spiro atoms. The van der Waals surface area contributed by atoms with Gasteiger partial charge in [-0.1, -0.05) is 18.2 Å². The van der Waals surface area contributed by atoms with Crippen molar-refractivity contribution in [2.75, 3.05) is 18.0 Å². The number of aryl methyl sites for hydroxylation is 1. The molecule has 0 unspecified atom stereocenters. The SMILES string of the molecule is C=N/C(N)=C(\N=C/C)C(=O)NCc1cc2cccc(C)c2nc1N1CCCCC1. The molecule has 2 aromatic rings. The third kappa shape index (κ3) is 4.62. The van der Waals surface area contributed by atoms with Crippen LogP contribution in [-0.2, 0) is 11.3 Å². The number of hydrogen-bond acceptors (Lipinski definition) is 6. The highest BCUT2D eigenvalue weighted by Gasteiger charge is 2.19. The highest BCUT2D eigenvalue weighted by atomic mass is 16.2. The number of piperidine rings is 1. The van der Waals surface area contributed by atoms with E-state index in [4.69, 9.17) is 10.7 Å². The molecule has 3 rings (SSSR count). The van der Waals surface area contributed by atoms with E-state index >= 15 is 0 Å². The van der Waals surface area contributed by atoms with Gasteiger partial charge in [0.15, 0.2) is 11.5 Å². The second-order valence-electron chi connectivity index (χ2n) is 7.13. The first-order chi connectivity index (χ1) is 14.0. The summed E-state index contributed by atoms with van der Waals surface area (Å²) in [6, 6.07) is 8.26. The average Bonchev–Trinajstić information content (AvgIpc) is 2.75. The number of aliphatic imine (C=N–C) groups is 2. The van der Waals surface area contributed by atoms with Gasteiger partial charge in [-0.2, -0.15) is 0 Å². The molecule has 0 bridgehead atoms. The van der Waals surface area contributed by atoms with Crippen molar-refractivity contribution in [3.63, 3.8) is 0 Å². The lowest BCUT2D eigenvalue weighted by Crippen LogP contribution is -2.32. The Morgan fingerprint density at radius 3 is 2.79 bits per heavy atom. The number of anilines is 1. The molecular formula is C22H28N6O. The minimum absolute atomic E-state index is 0.00381.